The van der Waals surface area contributed by atoms with Crippen LogP contribution in [0.1, 0.15) is 42.8 Å². The Hall–Kier alpha value is -2.86. The first kappa shape index (κ1) is 19.1. The number of hydrogen-bond acceptors (Lipinski definition) is 4. The zero-order chi connectivity index (χ0) is 20.7. The summed E-state index contributed by atoms with van der Waals surface area (Å²) < 4.78 is 4.60. The predicted molar refractivity (Wildman–Crippen MR) is 122 cm³/mol. The Bertz CT molecular complexity index is 1170. The normalized spacial score (nSPS) is 19.6. The molecule has 0 amide bonds. The molecule has 4 aromatic rings. The van der Waals surface area contributed by atoms with Crippen molar-refractivity contribution in [2.75, 3.05) is 12.4 Å². The lowest BCUT2D eigenvalue weighted by Crippen LogP contribution is -2.35. The number of pyridine rings is 1. The minimum absolute atomic E-state index is 0.478. The summed E-state index contributed by atoms with van der Waals surface area (Å²) in [6.45, 7) is 5.07. The van der Waals surface area contributed by atoms with Crippen molar-refractivity contribution in [3.8, 4) is 0 Å². The van der Waals surface area contributed by atoms with Gasteiger partial charge in [0, 0.05) is 24.3 Å². The SMILES string of the molecule is CN[C@H]1CC[C@H](Nc2cc3c(cc(C)n3Cc3ccccc3)n3c(C)nnc23)CC1. The Morgan fingerprint density at radius 2 is 1.67 bits per heavy atom. The molecule has 1 aliphatic rings. The fraction of sp³-hybridized carbons (Fsp3) is 0.417. The lowest BCUT2D eigenvalue weighted by Gasteiger charge is -2.29. The van der Waals surface area contributed by atoms with Crippen molar-refractivity contribution < 1.29 is 0 Å². The molecule has 3 aromatic heterocycles. The molecule has 1 saturated carbocycles. The molecule has 6 heteroatoms. The van der Waals surface area contributed by atoms with E-state index in [0.717, 1.165) is 23.7 Å². The van der Waals surface area contributed by atoms with Crippen molar-refractivity contribution in [2.24, 2.45) is 0 Å². The third-order valence-corrected chi connectivity index (χ3v) is 6.59. The van der Waals surface area contributed by atoms with Gasteiger partial charge in [0.15, 0.2) is 5.65 Å². The predicted octanol–water partition coefficient (Wildman–Crippen LogP) is 4.29. The average molecular weight is 403 g/mol. The number of rotatable bonds is 5. The number of nitrogens with zero attached hydrogens (tertiary/aromatic N) is 4. The Labute approximate surface area is 177 Å². The molecule has 0 unspecified atom stereocenters. The highest BCUT2D eigenvalue weighted by molar-refractivity contribution is 5.88. The number of aryl methyl sites for hydroxylation is 2. The first-order valence-corrected chi connectivity index (χ1v) is 11.0. The van der Waals surface area contributed by atoms with Gasteiger partial charge in [0.25, 0.3) is 0 Å². The van der Waals surface area contributed by atoms with Gasteiger partial charge in [0.2, 0.25) is 0 Å². The number of nitrogens with one attached hydrogen (secondary N) is 2. The molecule has 5 rings (SSSR count). The molecule has 0 spiro atoms. The van der Waals surface area contributed by atoms with E-state index >= 15 is 0 Å². The molecule has 0 saturated heterocycles. The largest absolute Gasteiger partial charge is 0.379 e. The van der Waals surface area contributed by atoms with E-state index in [1.807, 2.05) is 6.92 Å². The summed E-state index contributed by atoms with van der Waals surface area (Å²) in [5.41, 5.74) is 6.95. The molecule has 0 radical (unpaired) electrons. The molecule has 6 nitrogen and oxygen atoms in total. The smallest absolute Gasteiger partial charge is 0.184 e. The molecular formula is C24H30N6. The van der Waals surface area contributed by atoms with Gasteiger partial charge in [-0.25, -0.2) is 0 Å². The molecule has 1 fully saturated rings. The van der Waals surface area contributed by atoms with Crippen molar-refractivity contribution in [3.05, 3.63) is 59.5 Å². The van der Waals surface area contributed by atoms with Gasteiger partial charge in [-0.3, -0.25) is 4.40 Å². The lowest BCUT2D eigenvalue weighted by atomic mass is 9.91. The molecule has 2 N–H and O–H groups in total. The number of anilines is 1. The van der Waals surface area contributed by atoms with Gasteiger partial charge in [-0.2, -0.15) is 0 Å². The van der Waals surface area contributed by atoms with E-state index in [9.17, 15) is 0 Å². The molecule has 156 valence electrons. The first-order chi connectivity index (χ1) is 14.6. The lowest BCUT2D eigenvalue weighted by molar-refractivity contribution is 0.371. The Morgan fingerprint density at radius 1 is 0.933 bits per heavy atom. The van der Waals surface area contributed by atoms with E-state index in [1.54, 1.807) is 0 Å². The van der Waals surface area contributed by atoms with Crippen LogP contribution in [0.25, 0.3) is 16.7 Å². The summed E-state index contributed by atoms with van der Waals surface area (Å²) in [5.74, 6) is 0.925. The van der Waals surface area contributed by atoms with Gasteiger partial charge in [-0.05, 0) is 64.3 Å². The number of benzene rings is 1. The fourth-order valence-corrected chi connectivity index (χ4v) is 4.86. The number of hydrogen-bond donors (Lipinski definition) is 2. The van der Waals surface area contributed by atoms with Crippen molar-refractivity contribution in [2.45, 2.75) is 58.2 Å². The number of fused-ring (bicyclic) bond motifs is 3. The summed E-state index contributed by atoms with van der Waals surface area (Å²) >= 11 is 0. The fourth-order valence-electron chi connectivity index (χ4n) is 4.86. The summed E-state index contributed by atoms with van der Waals surface area (Å²) in [5, 5.41) is 16.1. The molecule has 0 bridgehead atoms. The number of aromatic nitrogens is 4. The standard InChI is InChI=1S/C24H30N6/c1-16-13-23-22(29(16)15-18-7-5-4-6-8-18)14-21(24-28-27-17(2)30(23)24)26-20-11-9-19(25-3)10-12-20/h4-8,13-14,19-20,25-26H,9-12,15H2,1-3H3/t19-,20-. The molecule has 0 aliphatic heterocycles. The van der Waals surface area contributed by atoms with Crippen LogP contribution in [0.3, 0.4) is 0 Å². The minimum atomic E-state index is 0.478. The van der Waals surface area contributed by atoms with Crippen molar-refractivity contribution in [1.29, 1.82) is 0 Å². The monoisotopic (exact) mass is 402 g/mol. The van der Waals surface area contributed by atoms with Gasteiger partial charge in [0.05, 0.1) is 16.7 Å². The summed E-state index contributed by atoms with van der Waals surface area (Å²) in [7, 11) is 2.07. The Balaban J connectivity index is 1.57. The van der Waals surface area contributed by atoms with E-state index in [1.165, 1.54) is 48.0 Å². The summed E-state index contributed by atoms with van der Waals surface area (Å²) in [4.78, 5) is 0. The van der Waals surface area contributed by atoms with Crippen LogP contribution in [0.4, 0.5) is 5.69 Å². The van der Waals surface area contributed by atoms with Crippen molar-refractivity contribution in [1.82, 2.24) is 24.5 Å². The van der Waals surface area contributed by atoms with Crippen LogP contribution in [0.2, 0.25) is 0 Å². The third-order valence-electron chi connectivity index (χ3n) is 6.59. The second-order valence-electron chi connectivity index (χ2n) is 8.57. The van der Waals surface area contributed by atoms with E-state index in [4.69, 9.17) is 0 Å². The van der Waals surface area contributed by atoms with E-state index in [-0.39, 0.29) is 0 Å². The average Bonchev–Trinajstić information content (AvgIpc) is 3.30. The zero-order valence-electron chi connectivity index (χ0n) is 18.0. The van der Waals surface area contributed by atoms with Gasteiger partial charge in [-0.15, -0.1) is 10.2 Å². The van der Waals surface area contributed by atoms with Crippen LogP contribution in [0.5, 0.6) is 0 Å². The molecule has 1 aliphatic carbocycles. The highest BCUT2D eigenvalue weighted by atomic mass is 15.3. The van der Waals surface area contributed by atoms with Crippen molar-refractivity contribution in [3.63, 3.8) is 0 Å². The van der Waals surface area contributed by atoms with E-state index < -0.39 is 0 Å². The second-order valence-corrected chi connectivity index (χ2v) is 8.57. The van der Waals surface area contributed by atoms with Crippen LogP contribution in [0.15, 0.2) is 42.5 Å². The van der Waals surface area contributed by atoms with Crippen LogP contribution >= 0.6 is 0 Å². The molecule has 3 heterocycles. The highest BCUT2D eigenvalue weighted by Crippen LogP contribution is 2.30. The second kappa shape index (κ2) is 7.76. The maximum atomic E-state index is 4.52. The quantitative estimate of drug-likeness (QED) is 0.523. The zero-order valence-corrected chi connectivity index (χ0v) is 18.0. The third kappa shape index (κ3) is 3.35. The highest BCUT2D eigenvalue weighted by Gasteiger charge is 2.22. The van der Waals surface area contributed by atoms with E-state index in [2.05, 4.69) is 86.2 Å². The van der Waals surface area contributed by atoms with Gasteiger partial charge < -0.3 is 15.2 Å². The van der Waals surface area contributed by atoms with Crippen molar-refractivity contribution >= 4 is 22.4 Å². The minimum Gasteiger partial charge on any atom is -0.379 e. The molecule has 0 atom stereocenters. The Kier molecular flexibility index (Phi) is 4.95. The molecule has 1 aromatic carbocycles. The van der Waals surface area contributed by atoms with Crippen LogP contribution in [-0.2, 0) is 6.54 Å². The first-order valence-electron chi connectivity index (χ1n) is 11.0. The van der Waals surface area contributed by atoms with Gasteiger partial charge >= 0.3 is 0 Å². The van der Waals surface area contributed by atoms with Gasteiger partial charge in [0.1, 0.15) is 5.82 Å². The maximum absolute atomic E-state index is 4.52. The summed E-state index contributed by atoms with van der Waals surface area (Å²) in [6, 6.07) is 16.3. The van der Waals surface area contributed by atoms with Crippen LogP contribution < -0.4 is 10.6 Å². The molecule has 30 heavy (non-hydrogen) atoms. The topological polar surface area (TPSA) is 59.2 Å². The van der Waals surface area contributed by atoms with Crippen LogP contribution in [-0.4, -0.2) is 38.3 Å². The molecular weight excluding hydrogens is 372 g/mol. The van der Waals surface area contributed by atoms with E-state index in [0.29, 0.717) is 12.1 Å². The van der Waals surface area contributed by atoms with Gasteiger partial charge in [-0.1, -0.05) is 30.3 Å². The summed E-state index contributed by atoms with van der Waals surface area (Å²) in [6.07, 6.45) is 4.77. The maximum Gasteiger partial charge on any atom is 0.184 e. The Morgan fingerprint density at radius 3 is 2.40 bits per heavy atom. The van der Waals surface area contributed by atoms with Crippen LogP contribution in [0, 0.1) is 13.8 Å².